The molecule has 5 fully saturated rings. The molecule has 4 amide bonds. The number of rotatable bonds is 2. The largest absolute Gasteiger partial charge is 0.391 e. The summed E-state index contributed by atoms with van der Waals surface area (Å²) >= 11 is 0. The average molecular weight is 406 g/mol. The van der Waals surface area contributed by atoms with Crippen LogP contribution in [0, 0.1) is 5.92 Å². The van der Waals surface area contributed by atoms with E-state index in [0.717, 1.165) is 6.42 Å². The standard InChI is InChI=1S/C20H30N4O5/c1-11(2)20-10-24(19(20)29)15(12(3)25)18(28)23-9-5-7-14(23)17(27)22-8-4-6-13(22)16(26)21-20/h11-15,25H,4-10H2,1-3H3,(H,21,26). The molecule has 5 rings (SSSR count). The van der Waals surface area contributed by atoms with E-state index in [1.54, 1.807) is 4.90 Å². The molecule has 5 aliphatic rings. The number of hydrogen-bond donors (Lipinski definition) is 2. The molecule has 0 aromatic heterocycles. The monoisotopic (exact) mass is 406 g/mol. The number of hydrogen-bond acceptors (Lipinski definition) is 5. The molecule has 9 heteroatoms. The number of nitrogens with one attached hydrogen (secondary N) is 1. The Morgan fingerprint density at radius 1 is 0.931 bits per heavy atom. The summed E-state index contributed by atoms with van der Waals surface area (Å²) in [6.45, 7) is 6.27. The highest BCUT2D eigenvalue weighted by atomic mass is 16.3. The summed E-state index contributed by atoms with van der Waals surface area (Å²) in [6, 6.07) is -2.29. The highest BCUT2D eigenvalue weighted by Crippen LogP contribution is 2.36. The van der Waals surface area contributed by atoms with Crippen molar-refractivity contribution in [2.75, 3.05) is 19.6 Å². The predicted molar refractivity (Wildman–Crippen MR) is 102 cm³/mol. The van der Waals surface area contributed by atoms with Gasteiger partial charge in [-0.2, -0.15) is 0 Å². The van der Waals surface area contributed by atoms with Gasteiger partial charge in [-0.25, -0.2) is 0 Å². The van der Waals surface area contributed by atoms with Crippen LogP contribution in [-0.4, -0.2) is 92.8 Å². The Morgan fingerprint density at radius 2 is 1.52 bits per heavy atom. The summed E-state index contributed by atoms with van der Waals surface area (Å²) in [5.41, 5.74) is -1.11. The molecule has 160 valence electrons. The Labute approximate surface area is 170 Å². The second kappa shape index (κ2) is 6.97. The minimum Gasteiger partial charge on any atom is -0.391 e. The van der Waals surface area contributed by atoms with Crippen molar-refractivity contribution in [2.24, 2.45) is 5.92 Å². The number of carbonyl (C=O) groups excluding carboxylic acids is 4. The summed E-state index contributed by atoms with van der Waals surface area (Å²) in [5, 5.41) is 13.3. The first-order valence-electron chi connectivity index (χ1n) is 10.6. The van der Waals surface area contributed by atoms with Crippen molar-refractivity contribution in [3.63, 3.8) is 0 Å². The lowest BCUT2D eigenvalue weighted by atomic mass is 9.76. The van der Waals surface area contributed by atoms with Gasteiger partial charge in [0.2, 0.25) is 17.7 Å². The molecule has 0 radical (unpaired) electrons. The first-order chi connectivity index (χ1) is 13.7. The van der Waals surface area contributed by atoms with Crippen LogP contribution in [0.4, 0.5) is 0 Å². The molecule has 5 unspecified atom stereocenters. The van der Waals surface area contributed by atoms with Gasteiger partial charge in [0.15, 0.2) is 0 Å². The average Bonchev–Trinajstić information content (AvgIpc) is 3.33. The van der Waals surface area contributed by atoms with Gasteiger partial charge in [-0.3, -0.25) is 19.2 Å². The van der Waals surface area contributed by atoms with Crippen molar-refractivity contribution in [1.29, 1.82) is 0 Å². The van der Waals surface area contributed by atoms with E-state index in [1.165, 1.54) is 16.7 Å². The van der Waals surface area contributed by atoms with Crippen LogP contribution in [-0.2, 0) is 19.2 Å². The zero-order chi connectivity index (χ0) is 21.1. The Balaban J connectivity index is 1.77. The molecule has 5 heterocycles. The Kier molecular flexibility index (Phi) is 4.83. The molecule has 5 atom stereocenters. The van der Waals surface area contributed by atoms with Crippen molar-refractivity contribution in [3.05, 3.63) is 0 Å². The van der Waals surface area contributed by atoms with Crippen LogP contribution in [0.5, 0.6) is 0 Å². The van der Waals surface area contributed by atoms with E-state index in [4.69, 9.17) is 0 Å². The third-order valence-electron chi connectivity index (χ3n) is 7.10. The number of β-lactam (4-membered cyclic amide) rings is 1. The molecule has 2 N–H and O–H groups in total. The lowest BCUT2D eigenvalue weighted by Gasteiger charge is -2.55. The normalized spacial score (nSPS) is 36.3. The number of amides is 4. The van der Waals surface area contributed by atoms with E-state index >= 15 is 0 Å². The van der Waals surface area contributed by atoms with Crippen molar-refractivity contribution in [2.45, 2.75) is 76.2 Å². The topological polar surface area (TPSA) is 110 Å². The predicted octanol–water partition coefficient (Wildman–Crippen LogP) is -0.915. The van der Waals surface area contributed by atoms with Crippen molar-refractivity contribution >= 4 is 23.6 Å². The second-order valence-corrected chi connectivity index (χ2v) is 9.11. The first kappa shape index (κ1) is 20.1. The fourth-order valence-corrected chi connectivity index (χ4v) is 5.32. The van der Waals surface area contributed by atoms with Gasteiger partial charge in [0.25, 0.3) is 5.91 Å². The van der Waals surface area contributed by atoms with E-state index in [9.17, 15) is 24.3 Å². The van der Waals surface area contributed by atoms with Gasteiger partial charge in [0.1, 0.15) is 23.7 Å². The van der Waals surface area contributed by atoms with Crippen molar-refractivity contribution in [1.82, 2.24) is 20.0 Å². The van der Waals surface area contributed by atoms with Gasteiger partial charge in [0, 0.05) is 13.1 Å². The zero-order valence-corrected chi connectivity index (χ0v) is 17.3. The molecule has 0 aromatic carbocycles. The Hall–Kier alpha value is -2.16. The maximum absolute atomic E-state index is 13.4. The third-order valence-corrected chi connectivity index (χ3v) is 7.10. The van der Waals surface area contributed by atoms with E-state index in [2.05, 4.69) is 5.32 Å². The van der Waals surface area contributed by atoms with Gasteiger partial charge >= 0.3 is 0 Å². The number of carbonyl (C=O) groups is 4. The molecule has 5 aliphatic heterocycles. The van der Waals surface area contributed by atoms with E-state index < -0.39 is 29.8 Å². The van der Waals surface area contributed by atoms with Crippen LogP contribution in [0.2, 0.25) is 0 Å². The van der Waals surface area contributed by atoms with Gasteiger partial charge < -0.3 is 25.1 Å². The molecule has 0 saturated carbocycles. The molecule has 0 aromatic rings. The third kappa shape index (κ3) is 2.85. The van der Waals surface area contributed by atoms with Crippen LogP contribution >= 0.6 is 0 Å². The molecule has 0 aliphatic carbocycles. The van der Waals surface area contributed by atoms with Gasteiger partial charge in [0.05, 0.1) is 12.6 Å². The lowest BCUT2D eigenvalue weighted by molar-refractivity contribution is -0.175. The van der Waals surface area contributed by atoms with Crippen molar-refractivity contribution in [3.8, 4) is 0 Å². The summed E-state index contributed by atoms with van der Waals surface area (Å²) < 4.78 is 0. The first-order valence-corrected chi connectivity index (χ1v) is 10.6. The lowest BCUT2D eigenvalue weighted by Crippen LogP contribution is -2.81. The number of fused-ring (bicyclic) bond motifs is 2. The highest BCUT2D eigenvalue weighted by Gasteiger charge is 2.60. The number of aliphatic hydroxyl groups excluding tert-OH is 1. The minimum absolute atomic E-state index is 0.176. The van der Waals surface area contributed by atoms with Crippen LogP contribution < -0.4 is 5.32 Å². The maximum Gasteiger partial charge on any atom is 0.251 e. The van der Waals surface area contributed by atoms with E-state index in [1.807, 2.05) is 13.8 Å². The van der Waals surface area contributed by atoms with E-state index in [0.29, 0.717) is 32.4 Å². The summed E-state index contributed by atoms with van der Waals surface area (Å²) in [6.07, 6.45) is 1.41. The Bertz CT molecular complexity index is 753. The fraction of sp³-hybridized carbons (Fsp3) is 0.800. The number of aliphatic hydroxyl groups is 1. The van der Waals surface area contributed by atoms with Crippen LogP contribution in [0.25, 0.3) is 0 Å². The van der Waals surface area contributed by atoms with Gasteiger partial charge in [-0.15, -0.1) is 0 Å². The van der Waals surface area contributed by atoms with Gasteiger partial charge in [-0.1, -0.05) is 13.8 Å². The second-order valence-electron chi connectivity index (χ2n) is 9.11. The number of nitrogens with zero attached hydrogens (tertiary/aromatic N) is 3. The smallest absolute Gasteiger partial charge is 0.251 e. The summed E-state index contributed by atoms with van der Waals surface area (Å²) in [5.74, 6) is -1.42. The molecule has 2 bridgehead atoms. The van der Waals surface area contributed by atoms with Crippen LogP contribution in [0.1, 0.15) is 46.5 Å². The minimum atomic E-state index is -1.11. The van der Waals surface area contributed by atoms with Gasteiger partial charge in [-0.05, 0) is 38.5 Å². The van der Waals surface area contributed by atoms with Crippen molar-refractivity contribution < 1.29 is 24.3 Å². The molecule has 0 spiro atoms. The zero-order valence-electron chi connectivity index (χ0n) is 17.3. The molecule has 5 saturated heterocycles. The maximum atomic E-state index is 13.4. The van der Waals surface area contributed by atoms with Crippen LogP contribution in [0.3, 0.4) is 0 Å². The summed E-state index contributed by atoms with van der Waals surface area (Å²) in [4.78, 5) is 57.4. The van der Waals surface area contributed by atoms with Crippen LogP contribution in [0.15, 0.2) is 0 Å². The van der Waals surface area contributed by atoms with E-state index in [-0.39, 0.29) is 36.1 Å². The highest BCUT2D eigenvalue weighted by molar-refractivity contribution is 6.03. The fourth-order valence-electron chi connectivity index (χ4n) is 5.32. The Morgan fingerprint density at radius 3 is 2.07 bits per heavy atom. The quantitative estimate of drug-likeness (QED) is 0.577. The molecular formula is C20H30N4O5. The molecule has 9 nitrogen and oxygen atoms in total. The SMILES string of the molecule is CC(O)C1C(=O)N2CCCC2C(=O)N2CCCC2C(=O)NC2(C(C)C)CN1C2=O. The molecule has 29 heavy (non-hydrogen) atoms. The summed E-state index contributed by atoms with van der Waals surface area (Å²) in [7, 11) is 0. The molecular weight excluding hydrogens is 376 g/mol.